The third kappa shape index (κ3) is 4.17. The summed E-state index contributed by atoms with van der Waals surface area (Å²) in [5.74, 6) is 0.108. The maximum Gasteiger partial charge on any atom is 0.223 e. The van der Waals surface area contributed by atoms with Crippen molar-refractivity contribution >= 4 is 15.9 Å². The molecular weight excluding hydrogens is 216 g/mol. The van der Waals surface area contributed by atoms with E-state index in [-0.39, 0.29) is 24.6 Å². The number of nitrogens with zero attached hydrogens (tertiary/aromatic N) is 1. The van der Waals surface area contributed by atoms with Crippen molar-refractivity contribution in [3.8, 4) is 0 Å². The summed E-state index contributed by atoms with van der Waals surface area (Å²) in [6, 6.07) is 0. The highest BCUT2D eigenvalue weighted by molar-refractivity contribution is 7.89. The van der Waals surface area contributed by atoms with Gasteiger partial charge in [0.25, 0.3) is 0 Å². The molecule has 0 aromatic heterocycles. The van der Waals surface area contributed by atoms with E-state index in [4.69, 9.17) is 0 Å². The van der Waals surface area contributed by atoms with Gasteiger partial charge in [0, 0.05) is 26.1 Å². The number of nitrogens with one attached hydrogen (secondary N) is 1. The first-order valence-corrected chi connectivity index (χ1v) is 6.95. The smallest absolute Gasteiger partial charge is 0.223 e. The molecule has 15 heavy (non-hydrogen) atoms. The molecule has 1 N–H and O–H groups in total. The third-order valence-corrected chi connectivity index (χ3v) is 3.90. The summed E-state index contributed by atoms with van der Waals surface area (Å²) in [5, 5.41) is 0. The van der Waals surface area contributed by atoms with Crippen LogP contribution in [0.4, 0.5) is 0 Å². The summed E-state index contributed by atoms with van der Waals surface area (Å²) >= 11 is 0. The molecule has 5 nitrogen and oxygen atoms in total. The van der Waals surface area contributed by atoms with Crippen LogP contribution in [0, 0.1) is 0 Å². The molecule has 0 aromatic rings. The molecule has 88 valence electrons. The number of hydrogen-bond acceptors (Lipinski definition) is 3. The molecular formula is C9H18N2O3S. The largest absolute Gasteiger partial charge is 0.343 e. The van der Waals surface area contributed by atoms with Gasteiger partial charge in [0.05, 0.1) is 5.75 Å². The zero-order chi connectivity index (χ0) is 11.3. The van der Waals surface area contributed by atoms with Gasteiger partial charge in [-0.05, 0) is 19.8 Å². The van der Waals surface area contributed by atoms with Gasteiger partial charge in [-0.15, -0.1) is 0 Å². The predicted octanol–water partition coefficient (Wildman–Crippen LogP) is -0.0618. The van der Waals surface area contributed by atoms with Gasteiger partial charge in [0.2, 0.25) is 15.9 Å². The van der Waals surface area contributed by atoms with Crippen LogP contribution in [-0.4, -0.2) is 44.6 Å². The van der Waals surface area contributed by atoms with Gasteiger partial charge >= 0.3 is 0 Å². The molecule has 0 spiro atoms. The molecule has 6 heteroatoms. The summed E-state index contributed by atoms with van der Waals surface area (Å²) in [6.45, 7) is 3.43. The second-order valence-corrected chi connectivity index (χ2v) is 5.73. The van der Waals surface area contributed by atoms with E-state index in [1.54, 1.807) is 11.8 Å². The molecule has 1 heterocycles. The van der Waals surface area contributed by atoms with Crippen molar-refractivity contribution in [1.82, 2.24) is 9.62 Å². The maximum absolute atomic E-state index is 11.5. The van der Waals surface area contributed by atoms with Gasteiger partial charge in [0.15, 0.2) is 0 Å². The monoisotopic (exact) mass is 234 g/mol. The molecule has 1 rings (SSSR count). The lowest BCUT2D eigenvalue weighted by Crippen LogP contribution is -2.33. The highest BCUT2D eigenvalue weighted by Crippen LogP contribution is 2.08. The van der Waals surface area contributed by atoms with Crippen LogP contribution in [-0.2, 0) is 14.8 Å². The molecule has 1 aliphatic rings. The van der Waals surface area contributed by atoms with E-state index in [1.165, 1.54) is 0 Å². The highest BCUT2D eigenvalue weighted by atomic mass is 32.2. The Labute approximate surface area is 90.9 Å². The lowest BCUT2D eigenvalue weighted by molar-refractivity contribution is -0.129. The summed E-state index contributed by atoms with van der Waals surface area (Å²) in [7, 11) is -3.16. The van der Waals surface area contributed by atoms with Gasteiger partial charge in [-0.3, -0.25) is 4.79 Å². The fourth-order valence-electron chi connectivity index (χ4n) is 1.54. The number of carbonyl (C=O) groups is 1. The van der Waals surface area contributed by atoms with Crippen molar-refractivity contribution in [2.75, 3.05) is 25.4 Å². The minimum Gasteiger partial charge on any atom is -0.343 e. The van der Waals surface area contributed by atoms with E-state index >= 15 is 0 Å². The number of rotatable bonds is 5. The van der Waals surface area contributed by atoms with Gasteiger partial charge in [-0.25, -0.2) is 13.1 Å². The van der Waals surface area contributed by atoms with E-state index in [0.717, 1.165) is 25.9 Å². The molecule has 0 radical (unpaired) electrons. The Kier molecular flexibility index (Phi) is 4.53. The van der Waals surface area contributed by atoms with Crippen LogP contribution in [0.25, 0.3) is 0 Å². The first-order valence-electron chi connectivity index (χ1n) is 5.30. The quantitative estimate of drug-likeness (QED) is 0.724. The Morgan fingerprint density at radius 2 is 1.93 bits per heavy atom. The van der Waals surface area contributed by atoms with Crippen molar-refractivity contribution in [2.45, 2.75) is 26.2 Å². The molecule has 0 atom stereocenters. The summed E-state index contributed by atoms with van der Waals surface area (Å²) in [6.07, 6.45) is 2.39. The molecule has 0 aliphatic carbocycles. The molecule has 0 bridgehead atoms. The SMILES string of the molecule is CCS(=O)(=O)NCCC(=O)N1CCCC1. The third-order valence-electron chi connectivity index (χ3n) is 2.50. The standard InChI is InChI=1S/C9H18N2O3S/c1-2-15(13,14)10-6-5-9(12)11-7-3-4-8-11/h10H,2-8H2,1H3. The van der Waals surface area contributed by atoms with Gasteiger partial charge < -0.3 is 4.90 Å². The maximum atomic E-state index is 11.5. The molecule has 0 aromatic carbocycles. The average Bonchev–Trinajstić information content (AvgIpc) is 2.70. The number of amides is 1. The molecule has 0 unspecified atom stereocenters. The first kappa shape index (κ1) is 12.4. The summed E-state index contributed by atoms with van der Waals surface area (Å²) < 4.78 is 24.5. The Morgan fingerprint density at radius 3 is 2.47 bits per heavy atom. The van der Waals surface area contributed by atoms with Crippen LogP contribution in [0.3, 0.4) is 0 Å². The van der Waals surface area contributed by atoms with Crippen LogP contribution < -0.4 is 4.72 Å². The Morgan fingerprint density at radius 1 is 1.33 bits per heavy atom. The zero-order valence-electron chi connectivity index (χ0n) is 9.03. The van der Waals surface area contributed by atoms with Crippen LogP contribution in [0.5, 0.6) is 0 Å². The first-order chi connectivity index (χ1) is 7.05. The number of carbonyl (C=O) groups excluding carboxylic acids is 1. The number of sulfonamides is 1. The van der Waals surface area contributed by atoms with Crippen molar-refractivity contribution in [3.63, 3.8) is 0 Å². The van der Waals surface area contributed by atoms with E-state index in [1.807, 2.05) is 0 Å². The molecule has 1 saturated heterocycles. The molecule has 1 fully saturated rings. The van der Waals surface area contributed by atoms with Gasteiger partial charge in [0.1, 0.15) is 0 Å². The fourth-order valence-corrected chi connectivity index (χ4v) is 2.16. The lowest BCUT2D eigenvalue weighted by atomic mass is 10.4. The van der Waals surface area contributed by atoms with Crippen LogP contribution in [0.15, 0.2) is 0 Å². The normalized spacial score (nSPS) is 17.0. The van der Waals surface area contributed by atoms with Crippen molar-refractivity contribution in [1.29, 1.82) is 0 Å². The second kappa shape index (κ2) is 5.46. The topological polar surface area (TPSA) is 66.5 Å². The van der Waals surface area contributed by atoms with Crippen molar-refractivity contribution in [2.24, 2.45) is 0 Å². The Hall–Kier alpha value is -0.620. The molecule has 1 amide bonds. The average molecular weight is 234 g/mol. The van der Waals surface area contributed by atoms with Crippen molar-refractivity contribution in [3.05, 3.63) is 0 Å². The van der Waals surface area contributed by atoms with E-state index in [9.17, 15) is 13.2 Å². The number of likely N-dealkylation sites (tertiary alicyclic amines) is 1. The highest BCUT2D eigenvalue weighted by Gasteiger charge is 2.17. The zero-order valence-corrected chi connectivity index (χ0v) is 9.85. The summed E-state index contributed by atoms with van der Waals surface area (Å²) in [5.41, 5.74) is 0. The van der Waals surface area contributed by atoms with Crippen LogP contribution in [0.1, 0.15) is 26.2 Å². The summed E-state index contributed by atoms with van der Waals surface area (Å²) in [4.78, 5) is 13.3. The Balaban J connectivity index is 2.22. The van der Waals surface area contributed by atoms with E-state index < -0.39 is 10.0 Å². The molecule has 1 aliphatic heterocycles. The fraction of sp³-hybridized carbons (Fsp3) is 0.889. The van der Waals surface area contributed by atoms with Crippen molar-refractivity contribution < 1.29 is 13.2 Å². The van der Waals surface area contributed by atoms with Gasteiger partial charge in [-0.1, -0.05) is 0 Å². The minimum absolute atomic E-state index is 0.0475. The number of hydrogen-bond donors (Lipinski definition) is 1. The lowest BCUT2D eigenvalue weighted by Gasteiger charge is -2.14. The predicted molar refractivity (Wildman–Crippen MR) is 57.9 cm³/mol. The van der Waals surface area contributed by atoms with E-state index in [0.29, 0.717) is 0 Å². The Bertz CT molecular complexity index is 307. The van der Waals surface area contributed by atoms with E-state index in [2.05, 4.69) is 4.72 Å². The molecule has 0 saturated carbocycles. The second-order valence-electron chi connectivity index (χ2n) is 3.64. The van der Waals surface area contributed by atoms with Crippen LogP contribution >= 0.6 is 0 Å². The van der Waals surface area contributed by atoms with Gasteiger partial charge in [-0.2, -0.15) is 0 Å². The minimum atomic E-state index is -3.16. The van der Waals surface area contributed by atoms with Crippen LogP contribution in [0.2, 0.25) is 0 Å².